The molecule has 14 heteroatoms. The number of aliphatic carboxylic acids is 1. The number of carbonyl (C=O) groups is 2. The van der Waals surface area contributed by atoms with E-state index in [2.05, 4.69) is 15.3 Å². The highest BCUT2D eigenvalue weighted by atomic mass is 35.5. The number of aromatic nitrogens is 4. The van der Waals surface area contributed by atoms with Crippen molar-refractivity contribution in [2.24, 2.45) is 0 Å². The molecule has 3 rings (SSSR count). The number of alkyl halides is 5. The highest BCUT2D eigenvalue weighted by Gasteiger charge is 2.38. The topological polar surface area (TPSA) is 104 Å². The van der Waals surface area contributed by atoms with E-state index in [0.29, 0.717) is 31.8 Å². The van der Waals surface area contributed by atoms with Crippen LogP contribution in [0, 0.1) is 0 Å². The van der Waals surface area contributed by atoms with Gasteiger partial charge in [-0.25, -0.2) is 9.18 Å². The molecule has 0 spiro atoms. The zero-order valence-electron chi connectivity index (χ0n) is 13.5. The maximum Gasteiger partial charge on any atom is 0.490 e. The van der Waals surface area contributed by atoms with Crippen LogP contribution in [0.4, 0.5) is 23.4 Å². The Morgan fingerprint density at radius 3 is 2.30 bits per heavy atom. The van der Waals surface area contributed by atoms with Crippen LogP contribution in [0.15, 0.2) is 18.5 Å². The average molecular weight is 413 g/mol. The van der Waals surface area contributed by atoms with Gasteiger partial charge < -0.3 is 14.9 Å². The summed E-state index contributed by atoms with van der Waals surface area (Å²) < 4.78 is 46.1. The Labute approximate surface area is 154 Å². The van der Waals surface area contributed by atoms with Crippen molar-refractivity contribution >= 4 is 34.9 Å². The molecule has 148 valence electrons. The largest absolute Gasteiger partial charge is 0.490 e. The number of hydrogen-bond acceptors (Lipinski definition) is 6. The predicted octanol–water partition coefficient (Wildman–Crippen LogP) is 0.941. The van der Waals surface area contributed by atoms with Gasteiger partial charge in [0.15, 0.2) is 5.65 Å². The molecule has 9 nitrogen and oxygen atoms in total. The number of halogens is 5. The van der Waals surface area contributed by atoms with Gasteiger partial charge in [0.05, 0.1) is 0 Å². The van der Waals surface area contributed by atoms with Crippen LogP contribution in [0.2, 0.25) is 0 Å². The third-order valence-electron chi connectivity index (χ3n) is 3.49. The minimum absolute atomic E-state index is 0.424. The lowest BCUT2D eigenvalue weighted by Gasteiger charge is -2.35. The van der Waals surface area contributed by atoms with Gasteiger partial charge >= 0.3 is 12.1 Å². The number of anilines is 1. The zero-order chi connectivity index (χ0) is 20.2. The first-order chi connectivity index (χ1) is 12.6. The molecule has 0 aromatic carbocycles. The lowest BCUT2D eigenvalue weighted by atomic mass is 10.3. The van der Waals surface area contributed by atoms with E-state index in [4.69, 9.17) is 21.5 Å². The van der Waals surface area contributed by atoms with E-state index in [0.717, 1.165) is 5.82 Å². The van der Waals surface area contributed by atoms with Crippen LogP contribution in [0.25, 0.3) is 5.65 Å². The van der Waals surface area contributed by atoms with Crippen molar-refractivity contribution in [3.05, 3.63) is 18.5 Å². The van der Waals surface area contributed by atoms with Crippen LogP contribution in [-0.2, 0) is 9.59 Å². The van der Waals surface area contributed by atoms with Crippen molar-refractivity contribution in [2.75, 3.05) is 31.1 Å². The number of rotatable bonds is 2. The van der Waals surface area contributed by atoms with Gasteiger partial charge in [0, 0.05) is 26.2 Å². The molecule has 0 bridgehead atoms. The molecular weight excluding hydrogens is 400 g/mol. The lowest BCUT2D eigenvalue weighted by Crippen LogP contribution is -2.50. The standard InChI is InChI=1S/C11H12ClFN6O.C2HF3O2/c12-10(13)11(20)18-5-3-17(4-6-18)9-2-1-8-15-14-7-19(8)16-9;3-2(4,5)1(6)7/h1-2,7,10H,3-6H2;(H,6,7). The maximum atomic E-state index is 12.8. The minimum atomic E-state index is -5.08. The van der Waals surface area contributed by atoms with Crippen molar-refractivity contribution in [1.82, 2.24) is 24.7 Å². The second kappa shape index (κ2) is 8.33. The van der Waals surface area contributed by atoms with Crippen LogP contribution in [0.5, 0.6) is 0 Å². The number of piperazine rings is 1. The fourth-order valence-electron chi connectivity index (χ4n) is 2.18. The predicted molar refractivity (Wildman–Crippen MR) is 84.0 cm³/mol. The Kier molecular flexibility index (Phi) is 6.36. The molecule has 3 heterocycles. The van der Waals surface area contributed by atoms with Gasteiger partial charge in [-0.05, 0) is 12.1 Å². The van der Waals surface area contributed by atoms with Crippen molar-refractivity contribution in [3.63, 3.8) is 0 Å². The van der Waals surface area contributed by atoms with Gasteiger partial charge in [-0.3, -0.25) is 4.79 Å². The summed E-state index contributed by atoms with van der Waals surface area (Å²) in [6.45, 7) is 2.01. The Morgan fingerprint density at radius 1 is 1.19 bits per heavy atom. The van der Waals surface area contributed by atoms with Gasteiger partial charge in [0.25, 0.3) is 11.5 Å². The van der Waals surface area contributed by atoms with Crippen LogP contribution in [0.3, 0.4) is 0 Å². The molecule has 2 aromatic rings. The maximum absolute atomic E-state index is 12.8. The van der Waals surface area contributed by atoms with Crippen LogP contribution < -0.4 is 4.90 Å². The molecule has 1 aliphatic rings. The molecular formula is C13H13ClF4N6O3. The Morgan fingerprint density at radius 2 is 1.78 bits per heavy atom. The number of fused-ring (bicyclic) bond motifs is 1. The average Bonchev–Trinajstić information content (AvgIpc) is 3.08. The Balaban J connectivity index is 0.000000321. The number of nitrogens with zero attached hydrogens (tertiary/aromatic N) is 6. The normalized spacial score (nSPS) is 15.9. The monoisotopic (exact) mass is 412 g/mol. The molecule has 1 unspecified atom stereocenters. The fourth-order valence-corrected chi connectivity index (χ4v) is 2.32. The number of carboxylic acid groups (broad SMARTS) is 1. The SMILES string of the molecule is O=C(C(F)Cl)N1CCN(c2ccc3nncn3n2)CC1.O=C(O)C(F)(F)F. The van der Waals surface area contributed by atoms with E-state index in [1.54, 1.807) is 4.52 Å². The van der Waals surface area contributed by atoms with E-state index >= 15 is 0 Å². The summed E-state index contributed by atoms with van der Waals surface area (Å²) in [5, 5.41) is 19.2. The summed E-state index contributed by atoms with van der Waals surface area (Å²) in [4.78, 5) is 23.8. The van der Waals surface area contributed by atoms with Crippen LogP contribution in [0.1, 0.15) is 0 Å². The van der Waals surface area contributed by atoms with Crippen molar-refractivity contribution in [1.29, 1.82) is 0 Å². The first kappa shape index (κ1) is 20.6. The van der Waals surface area contributed by atoms with Crippen LogP contribution in [-0.4, -0.2) is 79.7 Å². The van der Waals surface area contributed by atoms with Crippen LogP contribution >= 0.6 is 11.6 Å². The summed E-state index contributed by atoms with van der Waals surface area (Å²) in [6.07, 6.45) is -3.56. The zero-order valence-corrected chi connectivity index (χ0v) is 14.2. The Hall–Kier alpha value is -2.70. The molecule has 0 saturated carbocycles. The summed E-state index contributed by atoms with van der Waals surface area (Å²) in [5.41, 5.74) is -1.29. The fraction of sp³-hybridized carbons (Fsp3) is 0.462. The molecule has 1 amide bonds. The molecule has 1 atom stereocenters. The first-order valence-electron chi connectivity index (χ1n) is 7.38. The summed E-state index contributed by atoms with van der Waals surface area (Å²) in [5.74, 6) is -2.66. The van der Waals surface area contributed by atoms with Gasteiger partial charge in [-0.15, -0.1) is 15.3 Å². The smallest absolute Gasteiger partial charge is 0.475 e. The van der Waals surface area contributed by atoms with Gasteiger partial charge in [0.1, 0.15) is 12.1 Å². The van der Waals surface area contributed by atoms with Gasteiger partial charge in [-0.2, -0.15) is 17.7 Å². The molecule has 27 heavy (non-hydrogen) atoms. The third kappa shape index (κ3) is 5.39. The van der Waals surface area contributed by atoms with E-state index in [9.17, 15) is 22.4 Å². The number of amides is 1. The summed E-state index contributed by atoms with van der Waals surface area (Å²) in [7, 11) is 0. The lowest BCUT2D eigenvalue weighted by molar-refractivity contribution is -0.192. The Bertz CT molecular complexity index is 807. The molecule has 1 fully saturated rings. The summed E-state index contributed by atoms with van der Waals surface area (Å²) in [6, 6.07) is 3.67. The molecule has 0 aliphatic carbocycles. The van der Waals surface area contributed by atoms with E-state index < -0.39 is 23.7 Å². The third-order valence-corrected chi connectivity index (χ3v) is 3.68. The highest BCUT2D eigenvalue weighted by molar-refractivity contribution is 6.29. The molecule has 1 saturated heterocycles. The molecule has 1 N–H and O–H groups in total. The number of hydrogen-bond donors (Lipinski definition) is 1. The highest BCUT2D eigenvalue weighted by Crippen LogP contribution is 2.15. The van der Waals surface area contributed by atoms with Crippen molar-refractivity contribution in [2.45, 2.75) is 11.8 Å². The second-order valence-electron chi connectivity index (χ2n) is 5.24. The van der Waals surface area contributed by atoms with Crippen molar-refractivity contribution < 1.29 is 32.3 Å². The quantitative estimate of drug-likeness (QED) is 0.578. The van der Waals surface area contributed by atoms with Crippen molar-refractivity contribution in [3.8, 4) is 0 Å². The van der Waals surface area contributed by atoms with Gasteiger partial charge in [-0.1, -0.05) is 11.6 Å². The number of carboxylic acids is 1. The first-order valence-corrected chi connectivity index (χ1v) is 7.82. The molecule has 0 radical (unpaired) electrons. The van der Waals surface area contributed by atoms with E-state index in [1.807, 2.05) is 17.0 Å². The number of carbonyl (C=O) groups excluding carboxylic acids is 1. The summed E-state index contributed by atoms with van der Waals surface area (Å²) >= 11 is 5.17. The van der Waals surface area contributed by atoms with E-state index in [1.165, 1.54) is 11.2 Å². The molecule has 1 aliphatic heterocycles. The minimum Gasteiger partial charge on any atom is -0.475 e. The van der Waals surface area contributed by atoms with Gasteiger partial charge in [0.2, 0.25) is 0 Å². The van der Waals surface area contributed by atoms with E-state index in [-0.39, 0.29) is 0 Å². The second-order valence-corrected chi connectivity index (χ2v) is 5.62. The molecule has 2 aromatic heterocycles.